The van der Waals surface area contributed by atoms with E-state index in [1.807, 2.05) is 16.7 Å². The minimum absolute atomic E-state index is 0.345. The lowest BCUT2D eigenvalue weighted by molar-refractivity contribution is 0.0517. The molecule has 124 valence electrons. The number of hydrogen-bond donors (Lipinski definition) is 1. The first kappa shape index (κ1) is 15.8. The molecule has 0 spiro atoms. The maximum atomic E-state index is 12.3. The second-order valence-electron chi connectivity index (χ2n) is 6.01. The largest absolute Gasteiger partial charge is 0.461 e. The summed E-state index contributed by atoms with van der Waals surface area (Å²) in [4.78, 5) is 19.1. The van der Waals surface area contributed by atoms with Gasteiger partial charge in [-0.25, -0.2) is 9.78 Å². The molecular weight excluding hydrogens is 292 g/mol. The number of likely N-dealkylation sites (tertiary alicyclic amines) is 1. The Hall–Kier alpha value is -2.08. The lowest BCUT2D eigenvalue weighted by atomic mass is 10.2. The van der Waals surface area contributed by atoms with Crippen molar-refractivity contribution >= 4 is 17.3 Å². The average Bonchev–Trinajstić information content (AvgIpc) is 2.71. The van der Waals surface area contributed by atoms with E-state index in [4.69, 9.17) is 10.5 Å². The summed E-state index contributed by atoms with van der Waals surface area (Å²) in [6, 6.07) is 3.64. The predicted molar refractivity (Wildman–Crippen MR) is 89.3 cm³/mol. The highest BCUT2D eigenvalue weighted by Gasteiger charge is 2.22. The molecule has 0 aliphatic carbocycles. The van der Waals surface area contributed by atoms with Crippen molar-refractivity contribution < 1.29 is 9.53 Å². The van der Waals surface area contributed by atoms with Gasteiger partial charge in [-0.3, -0.25) is 9.30 Å². The van der Waals surface area contributed by atoms with Crippen LogP contribution in [0.25, 0.3) is 5.65 Å². The minimum atomic E-state index is -0.361. The number of carbonyl (C=O) groups is 1. The quantitative estimate of drug-likeness (QED) is 0.877. The molecular formula is C17H24N4O2. The van der Waals surface area contributed by atoms with E-state index in [9.17, 15) is 4.79 Å². The second-order valence-corrected chi connectivity index (χ2v) is 6.01. The summed E-state index contributed by atoms with van der Waals surface area (Å²) >= 11 is 0. The van der Waals surface area contributed by atoms with Crippen molar-refractivity contribution in [1.82, 2.24) is 14.3 Å². The van der Waals surface area contributed by atoms with E-state index in [1.165, 1.54) is 25.7 Å². The molecule has 0 saturated carbocycles. The van der Waals surface area contributed by atoms with Crippen molar-refractivity contribution in [3.05, 3.63) is 29.7 Å². The smallest absolute Gasteiger partial charge is 0.358 e. The van der Waals surface area contributed by atoms with Gasteiger partial charge in [-0.15, -0.1) is 0 Å². The van der Waals surface area contributed by atoms with E-state index in [1.54, 1.807) is 13.0 Å². The third-order valence-electron chi connectivity index (χ3n) is 4.28. The van der Waals surface area contributed by atoms with E-state index in [2.05, 4.69) is 9.88 Å². The van der Waals surface area contributed by atoms with Crippen LogP contribution in [0.5, 0.6) is 0 Å². The lowest BCUT2D eigenvalue weighted by Gasteiger charge is -2.20. The van der Waals surface area contributed by atoms with Gasteiger partial charge in [0, 0.05) is 18.4 Å². The van der Waals surface area contributed by atoms with Gasteiger partial charge in [-0.05, 0) is 45.0 Å². The number of nitrogens with zero attached hydrogens (tertiary/aromatic N) is 3. The van der Waals surface area contributed by atoms with Gasteiger partial charge in [0.05, 0.1) is 12.3 Å². The molecule has 1 fully saturated rings. The number of carbonyl (C=O) groups excluding carboxylic acids is 1. The Morgan fingerprint density at radius 3 is 2.70 bits per heavy atom. The van der Waals surface area contributed by atoms with Crippen LogP contribution >= 0.6 is 0 Å². The first-order valence-electron chi connectivity index (χ1n) is 8.35. The topological polar surface area (TPSA) is 72.9 Å². The SMILES string of the molecule is CCOC(=O)c1nc2ccc(N)cn2c1CN1CCCCCC1. The van der Waals surface area contributed by atoms with Crippen molar-refractivity contribution in [2.75, 3.05) is 25.4 Å². The fourth-order valence-corrected chi connectivity index (χ4v) is 3.13. The zero-order chi connectivity index (χ0) is 16.2. The summed E-state index contributed by atoms with van der Waals surface area (Å²) in [6.45, 7) is 4.95. The summed E-state index contributed by atoms with van der Waals surface area (Å²) in [5.74, 6) is -0.361. The number of anilines is 1. The maximum Gasteiger partial charge on any atom is 0.358 e. The first-order chi connectivity index (χ1) is 11.2. The van der Waals surface area contributed by atoms with Gasteiger partial charge in [-0.1, -0.05) is 12.8 Å². The molecule has 3 heterocycles. The number of pyridine rings is 1. The van der Waals surface area contributed by atoms with Gasteiger partial charge in [0.1, 0.15) is 5.65 Å². The molecule has 6 nitrogen and oxygen atoms in total. The number of rotatable bonds is 4. The molecule has 1 aliphatic heterocycles. The van der Waals surface area contributed by atoms with E-state index >= 15 is 0 Å². The van der Waals surface area contributed by atoms with Crippen molar-refractivity contribution in [3.63, 3.8) is 0 Å². The van der Waals surface area contributed by atoms with E-state index in [0.29, 0.717) is 24.5 Å². The molecule has 0 bridgehead atoms. The summed E-state index contributed by atoms with van der Waals surface area (Å²) < 4.78 is 7.10. The van der Waals surface area contributed by atoms with Gasteiger partial charge < -0.3 is 10.5 Å². The van der Waals surface area contributed by atoms with E-state index in [-0.39, 0.29) is 5.97 Å². The number of ether oxygens (including phenoxy) is 1. The van der Waals surface area contributed by atoms with Crippen LogP contribution in [0.2, 0.25) is 0 Å². The van der Waals surface area contributed by atoms with Crippen LogP contribution in [0.4, 0.5) is 5.69 Å². The Kier molecular flexibility index (Phi) is 4.81. The molecule has 2 N–H and O–H groups in total. The molecule has 1 saturated heterocycles. The molecule has 2 aromatic heterocycles. The zero-order valence-electron chi connectivity index (χ0n) is 13.6. The highest BCUT2D eigenvalue weighted by molar-refractivity contribution is 5.89. The Bertz CT molecular complexity index is 687. The fraction of sp³-hybridized carbons (Fsp3) is 0.529. The van der Waals surface area contributed by atoms with Gasteiger partial charge in [-0.2, -0.15) is 0 Å². The Morgan fingerprint density at radius 1 is 1.26 bits per heavy atom. The van der Waals surface area contributed by atoms with Gasteiger partial charge in [0.25, 0.3) is 0 Å². The normalized spacial score (nSPS) is 16.4. The standard InChI is InChI=1S/C17H24N4O2/c1-2-23-17(22)16-14(12-20-9-5-3-4-6-10-20)21-11-13(18)7-8-15(21)19-16/h7-8,11H,2-6,9-10,12,18H2,1H3. The van der Waals surface area contributed by atoms with Gasteiger partial charge in [0.15, 0.2) is 5.69 Å². The molecule has 23 heavy (non-hydrogen) atoms. The monoisotopic (exact) mass is 316 g/mol. The van der Waals surface area contributed by atoms with Crippen molar-refractivity contribution in [2.24, 2.45) is 0 Å². The molecule has 0 aromatic carbocycles. The third-order valence-corrected chi connectivity index (χ3v) is 4.28. The molecule has 0 unspecified atom stereocenters. The molecule has 1 aliphatic rings. The minimum Gasteiger partial charge on any atom is -0.461 e. The molecule has 0 amide bonds. The van der Waals surface area contributed by atoms with Crippen LogP contribution < -0.4 is 5.73 Å². The van der Waals surface area contributed by atoms with Crippen molar-refractivity contribution in [1.29, 1.82) is 0 Å². The number of imidazole rings is 1. The first-order valence-corrected chi connectivity index (χ1v) is 8.35. The van der Waals surface area contributed by atoms with Crippen LogP contribution in [0.15, 0.2) is 18.3 Å². The highest BCUT2D eigenvalue weighted by atomic mass is 16.5. The summed E-state index contributed by atoms with van der Waals surface area (Å²) in [5.41, 5.74) is 8.57. The number of nitrogens with two attached hydrogens (primary N) is 1. The van der Waals surface area contributed by atoms with Gasteiger partial charge >= 0.3 is 5.97 Å². The van der Waals surface area contributed by atoms with Crippen molar-refractivity contribution in [3.8, 4) is 0 Å². The zero-order valence-corrected chi connectivity index (χ0v) is 13.6. The number of aromatic nitrogens is 2. The summed E-state index contributed by atoms with van der Waals surface area (Å²) in [7, 11) is 0. The summed E-state index contributed by atoms with van der Waals surface area (Å²) in [5, 5.41) is 0. The number of fused-ring (bicyclic) bond motifs is 1. The second kappa shape index (κ2) is 7.00. The van der Waals surface area contributed by atoms with Crippen LogP contribution in [0, 0.1) is 0 Å². The predicted octanol–water partition coefficient (Wildman–Crippen LogP) is 2.47. The third kappa shape index (κ3) is 3.47. The molecule has 0 atom stereocenters. The number of hydrogen-bond acceptors (Lipinski definition) is 5. The maximum absolute atomic E-state index is 12.3. The number of nitrogen functional groups attached to an aromatic ring is 1. The lowest BCUT2D eigenvalue weighted by Crippen LogP contribution is -2.26. The fourth-order valence-electron chi connectivity index (χ4n) is 3.13. The number of esters is 1. The van der Waals surface area contributed by atoms with E-state index in [0.717, 1.165) is 24.4 Å². The average molecular weight is 316 g/mol. The highest BCUT2D eigenvalue weighted by Crippen LogP contribution is 2.20. The Labute approximate surface area is 136 Å². The van der Waals surface area contributed by atoms with Gasteiger partial charge in [0.2, 0.25) is 0 Å². The molecule has 0 radical (unpaired) electrons. The Morgan fingerprint density at radius 2 is 2.00 bits per heavy atom. The van der Waals surface area contributed by atoms with E-state index < -0.39 is 0 Å². The molecule has 2 aromatic rings. The summed E-state index contributed by atoms with van der Waals surface area (Å²) in [6.07, 6.45) is 6.79. The van der Waals surface area contributed by atoms with Crippen LogP contribution in [0.1, 0.15) is 48.8 Å². The van der Waals surface area contributed by atoms with Crippen LogP contribution in [0.3, 0.4) is 0 Å². The molecule has 6 heteroatoms. The van der Waals surface area contributed by atoms with Crippen LogP contribution in [-0.4, -0.2) is 40.0 Å². The van der Waals surface area contributed by atoms with Crippen LogP contribution in [-0.2, 0) is 11.3 Å². The Balaban J connectivity index is 1.98. The van der Waals surface area contributed by atoms with Crippen molar-refractivity contribution in [2.45, 2.75) is 39.2 Å². The molecule has 3 rings (SSSR count).